The molecule has 0 amide bonds. The van der Waals surface area contributed by atoms with Crippen molar-refractivity contribution in [3.63, 3.8) is 0 Å². The first-order valence-electron chi connectivity index (χ1n) is 6.14. The molecule has 3 heteroatoms. The van der Waals surface area contributed by atoms with Gasteiger partial charge in [0.1, 0.15) is 0 Å². The Morgan fingerprint density at radius 1 is 1.17 bits per heavy atom. The lowest BCUT2D eigenvalue weighted by Crippen LogP contribution is -2.16. The normalized spacial score (nSPS) is 11.8. The summed E-state index contributed by atoms with van der Waals surface area (Å²) in [5.74, 6) is 0. The lowest BCUT2D eigenvalue weighted by atomic mass is 9.93. The third-order valence-corrected chi connectivity index (χ3v) is 4.51. The molecule has 2 rings (SSSR count). The first-order valence-corrected chi connectivity index (χ1v) is 6.96. The Balaban J connectivity index is 2.41. The zero-order valence-electron chi connectivity index (χ0n) is 11.4. The third kappa shape index (κ3) is 2.56. The minimum Gasteiger partial charge on any atom is -0.299 e. The molecule has 2 nitrogen and oxygen atoms in total. The first kappa shape index (κ1) is 13.1. The summed E-state index contributed by atoms with van der Waals surface area (Å²) in [6, 6.07) is 10.1. The van der Waals surface area contributed by atoms with Crippen molar-refractivity contribution in [2.75, 3.05) is 0 Å². The standard InChI is InChI=1S/C15H19NOS/c1-11-13(15(2,3)4)18-14(17)16(11)10-12-8-6-5-7-9-12/h5-9H,10H2,1-4H3. The van der Waals surface area contributed by atoms with Crippen molar-refractivity contribution in [3.05, 3.63) is 56.1 Å². The fraction of sp³-hybridized carbons (Fsp3) is 0.400. The maximum atomic E-state index is 12.1. The highest BCUT2D eigenvalue weighted by Gasteiger charge is 2.22. The van der Waals surface area contributed by atoms with Crippen molar-refractivity contribution in [3.8, 4) is 0 Å². The summed E-state index contributed by atoms with van der Waals surface area (Å²) in [6.45, 7) is 9.16. The Morgan fingerprint density at radius 3 is 2.28 bits per heavy atom. The van der Waals surface area contributed by atoms with Crippen molar-refractivity contribution in [1.29, 1.82) is 0 Å². The monoisotopic (exact) mass is 261 g/mol. The molecule has 0 N–H and O–H groups in total. The van der Waals surface area contributed by atoms with E-state index in [1.165, 1.54) is 21.8 Å². The molecule has 1 heterocycles. The van der Waals surface area contributed by atoms with E-state index < -0.39 is 0 Å². The van der Waals surface area contributed by atoms with Crippen molar-refractivity contribution in [2.45, 2.75) is 39.7 Å². The number of hydrogen-bond acceptors (Lipinski definition) is 2. The molecule has 1 aromatic heterocycles. The van der Waals surface area contributed by atoms with Crippen LogP contribution in [0.15, 0.2) is 35.1 Å². The summed E-state index contributed by atoms with van der Waals surface area (Å²) in [6.07, 6.45) is 0. The molecule has 0 atom stereocenters. The largest absolute Gasteiger partial charge is 0.307 e. The van der Waals surface area contributed by atoms with Crippen LogP contribution in [0.25, 0.3) is 0 Å². The molecule has 0 aliphatic carbocycles. The zero-order chi connectivity index (χ0) is 13.3. The van der Waals surface area contributed by atoms with Crippen LogP contribution in [0.1, 0.15) is 36.9 Å². The first-order chi connectivity index (χ1) is 8.39. The highest BCUT2D eigenvalue weighted by atomic mass is 32.1. The van der Waals surface area contributed by atoms with E-state index in [2.05, 4.69) is 32.9 Å². The van der Waals surface area contributed by atoms with E-state index in [-0.39, 0.29) is 10.3 Å². The average Bonchev–Trinajstić information content (AvgIpc) is 2.58. The molecule has 0 radical (unpaired) electrons. The number of nitrogens with zero attached hydrogens (tertiary/aromatic N) is 1. The van der Waals surface area contributed by atoms with Crippen LogP contribution < -0.4 is 4.87 Å². The topological polar surface area (TPSA) is 22.0 Å². The van der Waals surface area contributed by atoms with Gasteiger partial charge in [-0.3, -0.25) is 9.36 Å². The van der Waals surface area contributed by atoms with E-state index in [4.69, 9.17) is 0 Å². The predicted octanol–water partition coefficient (Wildman–Crippen LogP) is 3.56. The summed E-state index contributed by atoms with van der Waals surface area (Å²) in [4.78, 5) is 13.4. The molecule has 0 saturated heterocycles. The van der Waals surface area contributed by atoms with Crippen LogP contribution in [0.5, 0.6) is 0 Å². The molecule has 0 spiro atoms. The van der Waals surface area contributed by atoms with Crippen LogP contribution in [0, 0.1) is 6.92 Å². The average molecular weight is 261 g/mol. The molecule has 96 valence electrons. The third-order valence-electron chi connectivity index (χ3n) is 3.01. The van der Waals surface area contributed by atoms with E-state index in [0.29, 0.717) is 6.54 Å². The number of aromatic nitrogens is 1. The smallest absolute Gasteiger partial charge is 0.299 e. The quantitative estimate of drug-likeness (QED) is 0.810. The fourth-order valence-electron chi connectivity index (χ4n) is 2.12. The SMILES string of the molecule is Cc1c(C(C)(C)C)sc(=O)n1Cc1ccccc1. The van der Waals surface area contributed by atoms with Crippen LogP contribution >= 0.6 is 11.3 Å². The molecule has 0 aliphatic rings. The number of benzene rings is 1. The van der Waals surface area contributed by atoms with Crippen molar-refractivity contribution < 1.29 is 0 Å². The molecule has 0 saturated carbocycles. The van der Waals surface area contributed by atoms with Gasteiger partial charge in [0, 0.05) is 10.6 Å². The molecule has 0 fully saturated rings. The second-order valence-electron chi connectivity index (χ2n) is 5.60. The second kappa shape index (κ2) is 4.73. The number of rotatable bonds is 2. The van der Waals surface area contributed by atoms with Gasteiger partial charge in [-0.1, -0.05) is 62.4 Å². The maximum absolute atomic E-state index is 12.1. The van der Waals surface area contributed by atoms with Gasteiger partial charge >= 0.3 is 4.87 Å². The van der Waals surface area contributed by atoms with Gasteiger partial charge in [-0.05, 0) is 17.9 Å². The Bertz CT molecular complexity index is 587. The van der Waals surface area contributed by atoms with Gasteiger partial charge < -0.3 is 0 Å². The Morgan fingerprint density at radius 2 is 1.78 bits per heavy atom. The fourth-order valence-corrected chi connectivity index (χ4v) is 3.17. The molecule has 2 aromatic rings. The molecule has 0 unspecified atom stereocenters. The van der Waals surface area contributed by atoms with Gasteiger partial charge in [0.25, 0.3) is 0 Å². The maximum Gasteiger partial charge on any atom is 0.307 e. The molecule has 18 heavy (non-hydrogen) atoms. The predicted molar refractivity (Wildman–Crippen MR) is 77.6 cm³/mol. The van der Waals surface area contributed by atoms with Crippen molar-refractivity contribution in [2.24, 2.45) is 0 Å². The summed E-state index contributed by atoms with van der Waals surface area (Å²) >= 11 is 1.37. The molecule has 1 aromatic carbocycles. The van der Waals surface area contributed by atoms with Crippen LogP contribution in [0.4, 0.5) is 0 Å². The van der Waals surface area contributed by atoms with E-state index in [0.717, 1.165) is 5.69 Å². The van der Waals surface area contributed by atoms with Crippen LogP contribution in [0.3, 0.4) is 0 Å². The van der Waals surface area contributed by atoms with Gasteiger partial charge in [-0.15, -0.1) is 0 Å². The number of hydrogen-bond donors (Lipinski definition) is 0. The van der Waals surface area contributed by atoms with Gasteiger partial charge in [-0.2, -0.15) is 0 Å². The van der Waals surface area contributed by atoms with E-state index >= 15 is 0 Å². The Labute approximate surface area is 112 Å². The summed E-state index contributed by atoms with van der Waals surface area (Å²) in [7, 11) is 0. The molecule has 0 bridgehead atoms. The zero-order valence-corrected chi connectivity index (χ0v) is 12.2. The van der Waals surface area contributed by atoms with E-state index in [1.54, 1.807) is 0 Å². The van der Waals surface area contributed by atoms with Crippen molar-refractivity contribution >= 4 is 11.3 Å². The van der Waals surface area contributed by atoms with Crippen LogP contribution in [-0.2, 0) is 12.0 Å². The Hall–Kier alpha value is -1.35. The highest BCUT2D eigenvalue weighted by molar-refractivity contribution is 7.09. The minimum atomic E-state index is 0.0375. The lowest BCUT2D eigenvalue weighted by molar-refractivity contribution is 0.589. The van der Waals surface area contributed by atoms with Gasteiger partial charge in [0.15, 0.2) is 0 Å². The van der Waals surface area contributed by atoms with Gasteiger partial charge in [0.05, 0.1) is 6.54 Å². The summed E-state index contributed by atoms with van der Waals surface area (Å²) < 4.78 is 1.88. The van der Waals surface area contributed by atoms with Crippen LogP contribution in [0.2, 0.25) is 0 Å². The van der Waals surface area contributed by atoms with Crippen molar-refractivity contribution in [1.82, 2.24) is 4.57 Å². The highest BCUT2D eigenvalue weighted by Crippen LogP contribution is 2.28. The van der Waals surface area contributed by atoms with Crippen LogP contribution in [-0.4, -0.2) is 4.57 Å². The lowest BCUT2D eigenvalue weighted by Gasteiger charge is -2.17. The Kier molecular flexibility index (Phi) is 3.44. The molecular formula is C15H19NOS. The minimum absolute atomic E-state index is 0.0375. The second-order valence-corrected chi connectivity index (χ2v) is 6.57. The van der Waals surface area contributed by atoms with E-state index in [1.807, 2.05) is 29.7 Å². The van der Waals surface area contributed by atoms with E-state index in [9.17, 15) is 4.79 Å². The molecular weight excluding hydrogens is 242 g/mol. The van der Waals surface area contributed by atoms with Gasteiger partial charge in [-0.25, -0.2) is 0 Å². The van der Waals surface area contributed by atoms with Gasteiger partial charge in [0.2, 0.25) is 0 Å². The number of thiazole rings is 1. The molecule has 0 aliphatic heterocycles. The summed E-state index contributed by atoms with van der Waals surface area (Å²) in [5.41, 5.74) is 2.30. The summed E-state index contributed by atoms with van der Waals surface area (Å²) in [5, 5.41) is 0.